The van der Waals surface area contributed by atoms with Crippen molar-refractivity contribution in [1.29, 1.82) is 0 Å². The zero-order chi connectivity index (χ0) is 24.0. The van der Waals surface area contributed by atoms with E-state index in [1.54, 1.807) is 18.2 Å². The third-order valence-electron chi connectivity index (χ3n) is 5.14. The highest BCUT2D eigenvalue weighted by molar-refractivity contribution is 5.99. The number of aromatic nitrogens is 1. The number of nitro groups is 1. The molecule has 0 aliphatic rings. The van der Waals surface area contributed by atoms with E-state index in [2.05, 4.69) is 10.3 Å². The number of methoxy groups -OCH3 is 2. The van der Waals surface area contributed by atoms with Crippen molar-refractivity contribution in [2.75, 3.05) is 14.2 Å². The van der Waals surface area contributed by atoms with Crippen LogP contribution in [-0.4, -0.2) is 48.0 Å². The van der Waals surface area contributed by atoms with Crippen molar-refractivity contribution >= 4 is 34.4 Å². The number of amides is 1. The van der Waals surface area contributed by atoms with Crippen molar-refractivity contribution in [2.24, 2.45) is 0 Å². The van der Waals surface area contributed by atoms with Gasteiger partial charge in [0.1, 0.15) is 6.04 Å². The molecule has 1 heterocycles. The molecule has 0 radical (unpaired) electrons. The molecule has 33 heavy (non-hydrogen) atoms. The molecule has 0 fully saturated rings. The number of ether oxygens (including phenoxy) is 2. The van der Waals surface area contributed by atoms with Crippen LogP contribution in [0.5, 0.6) is 0 Å². The number of non-ortho nitro benzene ring substituents is 1. The first-order valence-electron chi connectivity index (χ1n) is 9.88. The van der Waals surface area contributed by atoms with Crippen LogP contribution in [0.2, 0.25) is 0 Å². The Kier molecular flexibility index (Phi) is 7.29. The molecule has 1 aromatic heterocycles. The summed E-state index contributed by atoms with van der Waals surface area (Å²) < 4.78 is 9.61. The SMILES string of the molecule is COC(=O)C[C@H](c1ccc([N+](=O)[O-])cc1)[C@@H](NC(=O)c1cnc2ccccc2c1)C(=O)OC. The molecule has 170 valence electrons. The van der Waals surface area contributed by atoms with Crippen LogP contribution in [0.4, 0.5) is 5.69 Å². The molecule has 10 nitrogen and oxygen atoms in total. The van der Waals surface area contributed by atoms with Gasteiger partial charge < -0.3 is 14.8 Å². The molecular formula is C23H21N3O7. The average molecular weight is 451 g/mol. The molecule has 0 bridgehead atoms. The maximum atomic E-state index is 13.0. The number of benzene rings is 2. The van der Waals surface area contributed by atoms with Crippen LogP contribution < -0.4 is 5.32 Å². The highest BCUT2D eigenvalue weighted by atomic mass is 16.6. The summed E-state index contributed by atoms with van der Waals surface area (Å²) in [5.41, 5.74) is 1.17. The number of carbonyl (C=O) groups is 3. The lowest BCUT2D eigenvalue weighted by atomic mass is 9.88. The summed E-state index contributed by atoms with van der Waals surface area (Å²) in [4.78, 5) is 52.4. The monoisotopic (exact) mass is 451 g/mol. The highest BCUT2D eigenvalue weighted by Gasteiger charge is 2.34. The summed E-state index contributed by atoms with van der Waals surface area (Å²) in [7, 11) is 2.35. The van der Waals surface area contributed by atoms with Crippen molar-refractivity contribution < 1.29 is 28.8 Å². The molecule has 3 rings (SSSR count). The number of fused-ring (bicyclic) bond motifs is 1. The number of rotatable bonds is 8. The zero-order valence-electron chi connectivity index (χ0n) is 17.9. The maximum Gasteiger partial charge on any atom is 0.329 e. The zero-order valence-corrected chi connectivity index (χ0v) is 17.9. The lowest BCUT2D eigenvalue weighted by Gasteiger charge is -2.26. The van der Waals surface area contributed by atoms with Crippen molar-refractivity contribution in [2.45, 2.75) is 18.4 Å². The van der Waals surface area contributed by atoms with Crippen LogP contribution >= 0.6 is 0 Å². The van der Waals surface area contributed by atoms with Gasteiger partial charge in [0.2, 0.25) is 0 Å². The molecule has 0 saturated heterocycles. The predicted octanol–water partition coefficient (Wildman–Crippen LogP) is 2.76. The number of esters is 2. The number of nitrogens with one attached hydrogen (secondary N) is 1. The molecule has 0 saturated carbocycles. The van der Waals surface area contributed by atoms with Gasteiger partial charge in [-0.15, -0.1) is 0 Å². The molecule has 0 spiro atoms. The Balaban J connectivity index is 1.96. The van der Waals surface area contributed by atoms with Gasteiger partial charge in [-0.05, 0) is 17.7 Å². The predicted molar refractivity (Wildman–Crippen MR) is 117 cm³/mol. The number of hydrogen-bond donors (Lipinski definition) is 1. The number of nitrogens with zero attached hydrogens (tertiary/aromatic N) is 2. The molecule has 0 unspecified atom stereocenters. The summed E-state index contributed by atoms with van der Waals surface area (Å²) in [6, 6.07) is 12.9. The second-order valence-electron chi connectivity index (χ2n) is 7.13. The first-order valence-corrected chi connectivity index (χ1v) is 9.88. The minimum atomic E-state index is -1.27. The van der Waals surface area contributed by atoms with E-state index in [0.29, 0.717) is 11.1 Å². The van der Waals surface area contributed by atoms with Crippen molar-refractivity contribution in [1.82, 2.24) is 10.3 Å². The lowest BCUT2D eigenvalue weighted by molar-refractivity contribution is -0.384. The van der Waals surface area contributed by atoms with Gasteiger partial charge in [0.15, 0.2) is 0 Å². The fraction of sp³-hybridized carbons (Fsp3) is 0.217. The van der Waals surface area contributed by atoms with Gasteiger partial charge in [-0.25, -0.2) is 4.79 Å². The Morgan fingerprint density at radius 3 is 2.39 bits per heavy atom. The second-order valence-corrected chi connectivity index (χ2v) is 7.13. The standard InChI is InChI=1S/C23H21N3O7/c1-32-20(27)12-18(14-7-9-17(10-8-14)26(30)31)21(23(29)33-2)25-22(28)16-11-15-5-3-4-6-19(15)24-13-16/h3-11,13,18,21H,12H2,1-2H3,(H,25,28)/t18-,21-/m1/s1. The van der Waals surface area contributed by atoms with Gasteiger partial charge in [-0.1, -0.05) is 30.3 Å². The number of pyridine rings is 1. The fourth-order valence-electron chi connectivity index (χ4n) is 3.40. The van der Waals surface area contributed by atoms with Crippen LogP contribution in [0.15, 0.2) is 60.8 Å². The molecule has 0 aliphatic heterocycles. The van der Waals surface area contributed by atoms with Crippen LogP contribution in [0, 0.1) is 10.1 Å². The van der Waals surface area contributed by atoms with Gasteiger partial charge in [0.05, 0.1) is 36.6 Å². The Bertz CT molecular complexity index is 1190. The van der Waals surface area contributed by atoms with Crippen LogP contribution in [0.3, 0.4) is 0 Å². The molecule has 3 aromatic rings. The smallest absolute Gasteiger partial charge is 0.329 e. The van der Waals surface area contributed by atoms with E-state index in [-0.39, 0.29) is 17.7 Å². The number of nitro benzene ring substituents is 1. The first kappa shape index (κ1) is 23.3. The summed E-state index contributed by atoms with van der Waals surface area (Å²) in [6.07, 6.45) is 1.11. The van der Waals surface area contributed by atoms with Gasteiger partial charge in [-0.3, -0.25) is 24.7 Å². The van der Waals surface area contributed by atoms with E-state index >= 15 is 0 Å². The van der Waals surface area contributed by atoms with E-state index in [1.807, 2.05) is 12.1 Å². The Morgan fingerprint density at radius 2 is 1.76 bits per heavy atom. The van der Waals surface area contributed by atoms with E-state index < -0.39 is 34.7 Å². The highest BCUT2D eigenvalue weighted by Crippen LogP contribution is 2.27. The van der Waals surface area contributed by atoms with Crippen molar-refractivity contribution in [3.05, 3.63) is 82.0 Å². The van der Waals surface area contributed by atoms with Gasteiger partial charge >= 0.3 is 11.9 Å². The fourth-order valence-corrected chi connectivity index (χ4v) is 3.40. The quantitative estimate of drug-likeness (QED) is 0.313. The molecule has 10 heteroatoms. The van der Waals surface area contributed by atoms with Crippen LogP contribution in [0.25, 0.3) is 10.9 Å². The first-order chi connectivity index (χ1) is 15.8. The topological polar surface area (TPSA) is 138 Å². The van der Waals surface area contributed by atoms with Crippen molar-refractivity contribution in [3.63, 3.8) is 0 Å². The second kappa shape index (κ2) is 10.3. The number of carbonyl (C=O) groups excluding carboxylic acids is 3. The maximum absolute atomic E-state index is 13.0. The third-order valence-corrected chi connectivity index (χ3v) is 5.14. The molecule has 1 N–H and O–H groups in total. The number of hydrogen-bond acceptors (Lipinski definition) is 8. The van der Waals surface area contributed by atoms with E-state index in [0.717, 1.165) is 12.5 Å². The third kappa shape index (κ3) is 5.48. The molecule has 0 aliphatic carbocycles. The van der Waals surface area contributed by atoms with Crippen LogP contribution in [-0.2, 0) is 19.1 Å². The molecule has 2 aromatic carbocycles. The van der Waals surface area contributed by atoms with Gasteiger partial charge in [-0.2, -0.15) is 0 Å². The van der Waals surface area contributed by atoms with E-state index in [4.69, 9.17) is 9.47 Å². The normalized spacial score (nSPS) is 12.4. The van der Waals surface area contributed by atoms with Gasteiger partial charge in [0, 0.05) is 29.6 Å². The van der Waals surface area contributed by atoms with Gasteiger partial charge in [0.25, 0.3) is 11.6 Å². The van der Waals surface area contributed by atoms with E-state index in [1.165, 1.54) is 37.6 Å². The lowest BCUT2D eigenvalue weighted by Crippen LogP contribution is -2.46. The van der Waals surface area contributed by atoms with Crippen molar-refractivity contribution in [3.8, 4) is 0 Å². The summed E-state index contributed by atoms with van der Waals surface area (Å²) in [5, 5.41) is 14.3. The van der Waals surface area contributed by atoms with E-state index in [9.17, 15) is 24.5 Å². The molecule has 2 atom stereocenters. The summed E-state index contributed by atoms with van der Waals surface area (Å²) in [5.74, 6) is -2.92. The minimum Gasteiger partial charge on any atom is -0.469 e. The Morgan fingerprint density at radius 1 is 1.06 bits per heavy atom. The minimum absolute atomic E-state index is 0.156. The molecule has 1 amide bonds. The summed E-state index contributed by atoms with van der Waals surface area (Å²) >= 11 is 0. The Labute approximate surface area is 188 Å². The summed E-state index contributed by atoms with van der Waals surface area (Å²) in [6.45, 7) is 0. The number of para-hydroxylation sites is 1. The van der Waals surface area contributed by atoms with Crippen LogP contribution in [0.1, 0.15) is 28.3 Å². The average Bonchev–Trinajstić information content (AvgIpc) is 2.85. The Hall–Kier alpha value is -4.34. The largest absolute Gasteiger partial charge is 0.469 e. The molecular weight excluding hydrogens is 430 g/mol.